The second kappa shape index (κ2) is 10.6. The van der Waals surface area contributed by atoms with Crippen LogP contribution in [0.5, 0.6) is 11.5 Å². The van der Waals surface area contributed by atoms with Gasteiger partial charge in [0, 0.05) is 13.2 Å². The Bertz CT molecular complexity index is 337. The van der Waals surface area contributed by atoms with E-state index in [1.165, 1.54) is 0 Å². The molecule has 0 fully saturated rings. The van der Waals surface area contributed by atoms with Crippen molar-refractivity contribution in [1.29, 1.82) is 0 Å². The third kappa shape index (κ3) is 8.46. The monoisotopic (exact) mass is 270 g/mol. The number of benzene rings is 1. The zero-order valence-corrected chi connectivity index (χ0v) is 12.3. The highest BCUT2D eigenvalue weighted by molar-refractivity contribution is 5.41. The maximum absolute atomic E-state index is 9.41. The molecule has 0 aliphatic rings. The van der Waals surface area contributed by atoms with E-state index in [1.54, 1.807) is 26.2 Å². The number of phenols is 1. The van der Waals surface area contributed by atoms with Crippen molar-refractivity contribution in [3.8, 4) is 11.5 Å². The maximum Gasteiger partial charge on any atom is 0.160 e. The Hall–Kier alpha value is -1.26. The Morgan fingerprint density at radius 1 is 1.26 bits per heavy atom. The van der Waals surface area contributed by atoms with Crippen molar-refractivity contribution in [3.05, 3.63) is 23.8 Å². The molecule has 1 rings (SSSR count). The number of phenolic OH excluding ortho intramolecular Hbond substituents is 1. The second-order valence-corrected chi connectivity index (χ2v) is 4.56. The van der Waals surface area contributed by atoms with Crippen LogP contribution in [0.1, 0.15) is 32.8 Å². The van der Waals surface area contributed by atoms with Crippen LogP contribution in [0.15, 0.2) is 18.2 Å². The van der Waals surface area contributed by atoms with Gasteiger partial charge in [0.25, 0.3) is 0 Å². The van der Waals surface area contributed by atoms with Gasteiger partial charge in [-0.05, 0) is 37.0 Å². The first-order valence-electron chi connectivity index (χ1n) is 6.59. The molecule has 0 heterocycles. The molecule has 0 unspecified atom stereocenters. The van der Waals surface area contributed by atoms with Gasteiger partial charge >= 0.3 is 0 Å². The van der Waals surface area contributed by atoms with E-state index in [-0.39, 0.29) is 12.4 Å². The summed E-state index contributed by atoms with van der Waals surface area (Å²) in [4.78, 5) is 0. The molecule has 0 radical (unpaired) electrons. The highest BCUT2D eigenvalue weighted by Crippen LogP contribution is 2.26. The summed E-state index contributed by atoms with van der Waals surface area (Å²) in [6, 6.07) is 5.26. The lowest BCUT2D eigenvalue weighted by Gasteiger charge is -2.08. The summed E-state index contributed by atoms with van der Waals surface area (Å²) in [5, 5.41) is 17.0. The van der Waals surface area contributed by atoms with Crippen molar-refractivity contribution in [1.82, 2.24) is 0 Å². The number of methoxy groups -OCH3 is 1. The van der Waals surface area contributed by atoms with Crippen LogP contribution in [0.2, 0.25) is 0 Å². The van der Waals surface area contributed by atoms with Gasteiger partial charge in [-0.15, -0.1) is 0 Å². The van der Waals surface area contributed by atoms with Crippen LogP contribution in [-0.2, 0) is 11.3 Å². The van der Waals surface area contributed by atoms with E-state index < -0.39 is 0 Å². The first-order chi connectivity index (χ1) is 9.04. The summed E-state index contributed by atoms with van der Waals surface area (Å²) in [7, 11) is 1.54. The van der Waals surface area contributed by atoms with Gasteiger partial charge in [0.05, 0.1) is 13.7 Å². The molecular formula is C15H26O4. The fraction of sp³-hybridized carbons (Fsp3) is 0.600. The predicted molar refractivity (Wildman–Crippen MR) is 76.5 cm³/mol. The fourth-order valence-corrected chi connectivity index (χ4v) is 1.32. The van der Waals surface area contributed by atoms with Crippen molar-refractivity contribution < 1.29 is 19.7 Å². The minimum atomic E-state index is 0.161. The Morgan fingerprint density at radius 2 is 1.89 bits per heavy atom. The van der Waals surface area contributed by atoms with E-state index >= 15 is 0 Å². The van der Waals surface area contributed by atoms with E-state index in [0.717, 1.165) is 18.6 Å². The van der Waals surface area contributed by atoms with Crippen LogP contribution in [0.3, 0.4) is 0 Å². The van der Waals surface area contributed by atoms with Crippen molar-refractivity contribution in [2.75, 3.05) is 20.3 Å². The summed E-state index contributed by atoms with van der Waals surface area (Å²) in [6.07, 6.45) is 1.06. The lowest BCUT2D eigenvalue weighted by atomic mass is 10.1. The fourth-order valence-electron chi connectivity index (χ4n) is 1.32. The van der Waals surface area contributed by atoms with Crippen LogP contribution in [-0.4, -0.2) is 30.5 Å². The minimum absolute atomic E-state index is 0.161. The standard InChI is InChI=1S/C13H20O3.C2H6O/c1-10(2)6-7-16-9-11-4-5-12(14)13(8-11)15-3;1-2-3/h4-5,8,10,14H,6-7,9H2,1-3H3;3H,2H2,1H3. The first-order valence-corrected chi connectivity index (χ1v) is 6.59. The largest absolute Gasteiger partial charge is 0.504 e. The Balaban J connectivity index is 0.000000982. The molecule has 1 aromatic carbocycles. The SMILES string of the molecule is CCO.COc1cc(COCCC(C)C)ccc1O. The highest BCUT2D eigenvalue weighted by atomic mass is 16.5. The Morgan fingerprint density at radius 3 is 2.42 bits per heavy atom. The van der Waals surface area contributed by atoms with Crippen LogP contribution in [0, 0.1) is 5.92 Å². The Kier molecular flexibility index (Phi) is 9.94. The summed E-state index contributed by atoms with van der Waals surface area (Å²) < 4.78 is 10.6. The van der Waals surface area contributed by atoms with Gasteiger partial charge in [-0.2, -0.15) is 0 Å². The second-order valence-electron chi connectivity index (χ2n) is 4.56. The molecule has 0 aliphatic heterocycles. The third-order valence-electron chi connectivity index (χ3n) is 2.35. The van der Waals surface area contributed by atoms with Gasteiger partial charge in [0.15, 0.2) is 11.5 Å². The van der Waals surface area contributed by atoms with E-state index in [2.05, 4.69) is 13.8 Å². The molecule has 0 spiro atoms. The highest BCUT2D eigenvalue weighted by Gasteiger charge is 2.02. The molecule has 0 aliphatic carbocycles. The average Bonchev–Trinajstić information content (AvgIpc) is 2.37. The van der Waals surface area contributed by atoms with Crippen LogP contribution in [0.25, 0.3) is 0 Å². The molecule has 110 valence electrons. The summed E-state index contributed by atoms with van der Waals surface area (Å²) in [5.74, 6) is 1.31. The van der Waals surface area contributed by atoms with Crippen molar-refractivity contribution in [2.45, 2.75) is 33.8 Å². The molecule has 19 heavy (non-hydrogen) atoms. The molecule has 0 saturated heterocycles. The number of hydrogen-bond acceptors (Lipinski definition) is 4. The van der Waals surface area contributed by atoms with Crippen molar-refractivity contribution >= 4 is 0 Å². The molecule has 0 saturated carbocycles. The molecule has 0 amide bonds. The third-order valence-corrected chi connectivity index (χ3v) is 2.35. The van der Waals surface area contributed by atoms with Crippen molar-refractivity contribution in [2.24, 2.45) is 5.92 Å². The zero-order valence-electron chi connectivity index (χ0n) is 12.3. The molecule has 0 aromatic heterocycles. The Labute approximate surface area is 116 Å². The quantitative estimate of drug-likeness (QED) is 0.780. The van der Waals surface area contributed by atoms with Crippen LogP contribution in [0.4, 0.5) is 0 Å². The molecular weight excluding hydrogens is 244 g/mol. The number of aliphatic hydroxyl groups excluding tert-OH is 1. The average molecular weight is 270 g/mol. The van der Waals surface area contributed by atoms with Gasteiger partial charge in [-0.25, -0.2) is 0 Å². The van der Waals surface area contributed by atoms with Crippen molar-refractivity contribution in [3.63, 3.8) is 0 Å². The summed E-state index contributed by atoms with van der Waals surface area (Å²) in [6.45, 7) is 7.60. The van der Waals surface area contributed by atoms with Crippen LogP contribution < -0.4 is 4.74 Å². The van der Waals surface area contributed by atoms with Gasteiger partial charge < -0.3 is 19.7 Å². The topological polar surface area (TPSA) is 58.9 Å². The molecule has 0 atom stereocenters. The molecule has 4 nitrogen and oxygen atoms in total. The van der Waals surface area contributed by atoms with E-state index in [4.69, 9.17) is 14.6 Å². The van der Waals surface area contributed by atoms with Gasteiger partial charge in [-0.1, -0.05) is 19.9 Å². The predicted octanol–water partition coefficient (Wildman–Crippen LogP) is 2.96. The molecule has 1 aromatic rings. The normalized spacial score (nSPS) is 10.0. The van der Waals surface area contributed by atoms with Gasteiger partial charge in [0.1, 0.15) is 0 Å². The lowest BCUT2D eigenvalue weighted by molar-refractivity contribution is 0.110. The maximum atomic E-state index is 9.41. The zero-order chi connectivity index (χ0) is 14.7. The number of rotatable bonds is 6. The lowest BCUT2D eigenvalue weighted by Crippen LogP contribution is -1.99. The number of hydrogen-bond donors (Lipinski definition) is 2. The molecule has 0 bridgehead atoms. The minimum Gasteiger partial charge on any atom is -0.504 e. The van der Waals surface area contributed by atoms with E-state index in [0.29, 0.717) is 18.3 Å². The number of ether oxygens (including phenoxy) is 2. The van der Waals surface area contributed by atoms with E-state index in [1.807, 2.05) is 6.07 Å². The molecule has 2 N–H and O–H groups in total. The molecule has 4 heteroatoms. The number of aliphatic hydroxyl groups is 1. The summed E-state index contributed by atoms with van der Waals surface area (Å²) >= 11 is 0. The van der Waals surface area contributed by atoms with Crippen LogP contribution >= 0.6 is 0 Å². The first kappa shape index (κ1) is 17.7. The smallest absolute Gasteiger partial charge is 0.160 e. The van der Waals surface area contributed by atoms with Gasteiger partial charge in [-0.3, -0.25) is 0 Å². The van der Waals surface area contributed by atoms with E-state index in [9.17, 15) is 5.11 Å². The number of aromatic hydroxyl groups is 1. The summed E-state index contributed by atoms with van der Waals surface area (Å²) in [5.41, 5.74) is 1.01. The van der Waals surface area contributed by atoms with Gasteiger partial charge in [0.2, 0.25) is 0 Å².